The molecule has 0 unspecified atom stereocenters. The minimum absolute atomic E-state index is 0.0128. The van der Waals surface area contributed by atoms with E-state index in [0.717, 1.165) is 37.4 Å². The molecule has 2 heterocycles. The number of carboxylic acid groups (broad SMARTS) is 1. The number of hydrogen-bond acceptors (Lipinski definition) is 6. The third kappa shape index (κ3) is 5.90. The zero-order valence-electron chi connectivity index (χ0n) is 22.7. The lowest BCUT2D eigenvalue weighted by molar-refractivity contribution is -0.110. The van der Waals surface area contributed by atoms with Crippen LogP contribution < -0.4 is 10.6 Å². The Bertz CT molecular complexity index is 1440. The summed E-state index contributed by atoms with van der Waals surface area (Å²) >= 11 is 0. The van der Waals surface area contributed by atoms with Crippen LogP contribution in [0.5, 0.6) is 0 Å². The molecule has 206 valence electrons. The number of hydrogen-bond donors (Lipinski definition) is 3. The Morgan fingerprint density at radius 1 is 0.900 bits per heavy atom. The highest BCUT2D eigenvalue weighted by atomic mass is 16.4. The van der Waals surface area contributed by atoms with Crippen LogP contribution in [0.15, 0.2) is 72.8 Å². The van der Waals surface area contributed by atoms with Crippen LogP contribution in [0, 0.1) is 0 Å². The fourth-order valence-corrected chi connectivity index (χ4v) is 4.98. The van der Waals surface area contributed by atoms with Crippen molar-refractivity contribution in [2.75, 3.05) is 64.0 Å². The van der Waals surface area contributed by atoms with Gasteiger partial charge in [-0.3, -0.25) is 14.5 Å². The van der Waals surface area contributed by atoms with Crippen LogP contribution in [0.3, 0.4) is 0 Å². The first-order valence-electron chi connectivity index (χ1n) is 13.3. The van der Waals surface area contributed by atoms with Crippen LogP contribution >= 0.6 is 0 Å². The maximum Gasteiger partial charge on any atom is 0.335 e. The Hall–Kier alpha value is -4.47. The van der Waals surface area contributed by atoms with Crippen molar-refractivity contribution in [1.82, 2.24) is 14.7 Å². The van der Waals surface area contributed by atoms with E-state index in [0.29, 0.717) is 41.2 Å². The number of benzene rings is 3. The van der Waals surface area contributed by atoms with Gasteiger partial charge in [-0.05, 0) is 56.1 Å². The molecule has 5 rings (SSSR count). The molecule has 2 amide bonds. The molecule has 1 saturated heterocycles. The highest BCUT2D eigenvalue weighted by Gasteiger charge is 2.29. The molecule has 0 atom stereocenters. The van der Waals surface area contributed by atoms with Crippen molar-refractivity contribution in [3.8, 4) is 0 Å². The molecule has 0 aromatic heterocycles. The molecular weight excluding hydrogens is 506 g/mol. The number of carbonyl (C=O) groups excluding carboxylic acids is 2. The molecule has 0 aliphatic carbocycles. The van der Waals surface area contributed by atoms with Crippen LogP contribution in [-0.2, 0) is 4.79 Å². The van der Waals surface area contributed by atoms with Gasteiger partial charge in [0.15, 0.2) is 0 Å². The quantitative estimate of drug-likeness (QED) is 0.376. The third-order valence-electron chi connectivity index (χ3n) is 7.25. The summed E-state index contributed by atoms with van der Waals surface area (Å²) in [4.78, 5) is 44.2. The van der Waals surface area contributed by atoms with Gasteiger partial charge in [-0.2, -0.15) is 0 Å². The first-order valence-corrected chi connectivity index (χ1v) is 13.3. The summed E-state index contributed by atoms with van der Waals surface area (Å²) in [5, 5.41) is 15.5. The Morgan fingerprint density at radius 2 is 1.57 bits per heavy atom. The molecule has 0 spiro atoms. The molecule has 2 aliphatic heterocycles. The van der Waals surface area contributed by atoms with Crippen molar-refractivity contribution in [3.63, 3.8) is 0 Å². The number of nitrogens with one attached hydrogen (secondary N) is 2. The summed E-state index contributed by atoms with van der Waals surface area (Å²) in [6, 6.07) is 21.4. The molecule has 3 aromatic rings. The minimum atomic E-state index is -1.06. The number of likely N-dealkylation sites (N-methyl/N-ethyl adjacent to an activating group) is 1. The average molecular weight is 540 g/mol. The Labute approximate surface area is 233 Å². The van der Waals surface area contributed by atoms with E-state index in [-0.39, 0.29) is 17.4 Å². The number of carboxylic acids is 1. The Kier molecular flexibility index (Phi) is 7.95. The first-order chi connectivity index (χ1) is 19.3. The second kappa shape index (κ2) is 11.7. The predicted molar refractivity (Wildman–Crippen MR) is 156 cm³/mol. The van der Waals surface area contributed by atoms with Crippen LogP contribution in [0.2, 0.25) is 0 Å². The van der Waals surface area contributed by atoms with E-state index >= 15 is 0 Å². The molecule has 9 heteroatoms. The van der Waals surface area contributed by atoms with E-state index in [1.165, 1.54) is 12.1 Å². The second-order valence-corrected chi connectivity index (χ2v) is 10.3. The van der Waals surface area contributed by atoms with Gasteiger partial charge >= 0.3 is 5.97 Å². The van der Waals surface area contributed by atoms with E-state index in [4.69, 9.17) is 0 Å². The van der Waals surface area contributed by atoms with E-state index in [1.807, 2.05) is 47.4 Å². The monoisotopic (exact) mass is 539 g/mol. The highest BCUT2D eigenvalue weighted by molar-refractivity contribution is 6.37. The van der Waals surface area contributed by atoms with Crippen molar-refractivity contribution in [2.24, 2.45) is 0 Å². The topological polar surface area (TPSA) is 105 Å². The summed E-state index contributed by atoms with van der Waals surface area (Å²) < 4.78 is 0. The van der Waals surface area contributed by atoms with E-state index in [1.54, 1.807) is 18.2 Å². The van der Waals surface area contributed by atoms with Gasteiger partial charge in [-0.15, -0.1) is 0 Å². The van der Waals surface area contributed by atoms with Gasteiger partial charge in [-0.1, -0.05) is 36.4 Å². The molecule has 3 aromatic carbocycles. The summed E-state index contributed by atoms with van der Waals surface area (Å²) in [6.07, 6.45) is 0. The largest absolute Gasteiger partial charge is 0.478 e. The fraction of sp³-hybridized carbons (Fsp3) is 0.258. The van der Waals surface area contributed by atoms with Gasteiger partial charge in [0.25, 0.3) is 11.8 Å². The highest BCUT2D eigenvalue weighted by Crippen LogP contribution is 2.38. The molecule has 1 fully saturated rings. The molecule has 2 aliphatic rings. The lowest BCUT2D eigenvalue weighted by Crippen LogP contribution is -2.49. The van der Waals surface area contributed by atoms with Gasteiger partial charge in [0.1, 0.15) is 0 Å². The van der Waals surface area contributed by atoms with Crippen molar-refractivity contribution in [2.45, 2.75) is 0 Å². The smallest absolute Gasteiger partial charge is 0.335 e. The van der Waals surface area contributed by atoms with E-state index in [9.17, 15) is 19.5 Å². The van der Waals surface area contributed by atoms with Crippen LogP contribution in [0.1, 0.15) is 31.8 Å². The number of nitrogens with zero attached hydrogens (tertiary/aromatic N) is 3. The summed E-state index contributed by atoms with van der Waals surface area (Å²) in [6.45, 7) is 5.14. The maximum absolute atomic E-state index is 13.2. The summed E-state index contributed by atoms with van der Waals surface area (Å²) in [5.74, 6) is -1.36. The number of carbonyl (C=O) groups is 3. The normalized spacial score (nSPS) is 16.5. The lowest BCUT2D eigenvalue weighted by atomic mass is 9.99. The molecule has 0 saturated carbocycles. The standard InChI is InChI=1S/C31H33N5O4/c1-34(2)14-15-35-16-18-36(19-17-35)30(38)22-8-11-24(12-9-22)32-28(21-6-4-3-5-7-21)27-25-13-10-23(31(39)40)20-26(25)33-29(27)37/h3-13,20,32H,14-19H2,1-2H3,(H,33,37)(H,39,40)/b28-27-. The molecule has 0 bridgehead atoms. The second-order valence-electron chi connectivity index (χ2n) is 10.3. The minimum Gasteiger partial charge on any atom is -0.478 e. The first kappa shape index (κ1) is 27.1. The summed E-state index contributed by atoms with van der Waals surface area (Å²) in [5.41, 5.74) is 4.33. The van der Waals surface area contributed by atoms with Gasteiger partial charge < -0.3 is 25.5 Å². The zero-order valence-corrected chi connectivity index (χ0v) is 22.7. The van der Waals surface area contributed by atoms with Crippen molar-refractivity contribution < 1.29 is 19.5 Å². The van der Waals surface area contributed by atoms with Crippen LogP contribution in [0.4, 0.5) is 11.4 Å². The molecule has 9 nitrogen and oxygen atoms in total. The number of aromatic carboxylic acids is 1. The van der Waals surface area contributed by atoms with Gasteiger partial charge in [0.05, 0.1) is 22.5 Å². The predicted octanol–water partition coefficient (Wildman–Crippen LogP) is 3.64. The van der Waals surface area contributed by atoms with Gasteiger partial charge in [-0.25, -0.2) is 4.79 Å². The van der Waals surface area contributed by atoms with E-state index < -0.39 is 5.97 Å². The average Bonchev–Trinajstić information content (AvgIpc) is 3.30. The number of amides is 2. The lowest BCUT2D eigenvalue weighted by Gasteiger charge is -2.35. The van der Waals surface area contributed by atoms with Gasteiger partial charge in [0, 0.05) is 56.1 Å². The number of fused-ring (bicyclic) bond motifs is 1. The van der Waals surface area contributed by atoms with Crippen LogP contribution in [0.25, 0.3) is 11.3 Å². The Morgan fingerprint density at radius 3 is 2.23 bits per heavy atom. The molecule has 40 heavy (non-hydrogen) atoms. The maximum atomic E-state index is 13.2. The summed E-state index contributed by atoms with van der Waals surface area (Å²) in [7, 11) is 4.13. The third-order valence-corrected chi connectivity index (χ3v) is 7.25. The van der Waals surface area contributed by atoms with Crippen molar-refractivity contribution in [3.05, 3.63) is 95.1 Å². The number of piperazine rings is 1. The number of rotatable bonds is 8. The molecular formula is C31H33N5O4. The van der Waals surface area contributed by atoms with Crippen LogP contribution in [-0.4, -0.2) is 91.0 Å². The fourth-order valence-electron chi connectivity index (χ4n) is 4.98. The Balaban J connectivity index is 1.36. The zero-order chi connectivity index (χ0) is 28.2. The SMILES string of the molecule is CN(C)CCN1CCN(C(=O)c2ccc(N/C(=C3\C(=O)Nc4cc(C(=O)O)ccc43)c3ccccc3)cc2)CC1. The van der Waals surface area contributed by atoms with Crippen molar-refractivity contribution in [1.29, 1.82) is 0 Å². The number of anilines is 2. The van der Waals surface area contributed by atoms with Crippen molar-refractivity contribution >= 4 is 40.4 Å². The van der Waals surface area contributed by atoms with Gasteiger partial charge in [0.2, 0.25) is 0 Å². The molecule has 3 N–H and O–H groups in total. The van der Waals surface area contributed by atoms with E-state index in [2.05, 4.69) is 34.5 Å². The molecule has 0 radical (unpaired) electrons.